The number of carbonyl (C=O) groups excluding carboxylic acids is 1. The lowest BCUT2D eigenvalue weighted by Crippen LogP contribution is -2.11. The van der Waals surface area contributed by atoms with Gasteiger partial charge < -0.3 is 20.6 Å². The zero-order chi connectivity index (χ0) is 39.4. The van der Waals surface area contributed by atoms with Crippen molar-refractivity contribution in [3.63, 3.8) is 0 Å². The summed E-state index contributed by atoms with van der Waals surface area (Å²) < 4.78 is 8.73. The smallest absolute Gasteiger partial charge is 0.248 e. The van der Waals surface area contributed by atoms with Crippen molar-refractivity contribution < 1.29 is 4.79 Å². The minimum atomic E-state index is -0.442. The zero-order valence-corrected chi connectivity index (χ0v) is 33.0. The van der Waals surface area contributed by atoms with Crippen LogP contribution in [-0.4, -0.2) is 44.6 Å². The maximum absolute atomic E-state index is 12.5. The molecule has 0 unspecified atom stereocenters. The topological polar surface area (TPSA) is 140 Å². The Bertz CT molecular complexity index is 2700. The van der Waals surface area contributed by atoms with Crippen LogP contribution in [0.5, 0.6) is 0 Å². The first-order valence-corrected chi connectivity index (χ1v) is 19.4. The molecule has 0 bridgehead atoms. The van der Waals surface area contributed by atoms with Crippen LogP contribution in [0.3, 0.4) is 0 Å². The second-order valence-electron chi connectivity index (χ2n) is 14.5. The predicted molar refractivity (Wildman–Crippen MR) is 227 cm³/mol. The number of allylic oxidation sites excluding steroid dienone is 2. The molecule has 0 saturated heterocycles. The van der Waals surface area contributed by atoms with Gasteiger partial charge in [-0.3, -0.25) is 24.1 Å². The van der Waals surface area contributed by atoms with Crippen molar-refractivity contribution in [3.8, 4) is 22.8 Å². The lowest BCUT2D eigenvalue weighted by molar-refractivity contribution is 0.100. The fourth-order valence-corrected chi connectivity index (χ4v) is 8.30. The van der Waals surface area contributed by atoms with Gasteiger partial charge in [0.2, 0.25) is 5.91 Å². The summed E-state index contributed by atoms with van der Waals surface area (Å²) >= 11 is 0. The number of aromatic nitrogens is 8. The highest BCUT2D eigenvalue weighted by molar-refractivity contribution is 6.12. The van der Waals surface area contributed by atoms with Crippen molar-refractivity contribution in [1.82, 2.24) is 38.7 Å². The molecule has 11 nitrogen and oxygen atoms in total. The minimum absolute atomic E-state index is 0.442. The van der Waals surface area contributed by atoms with Gasteiger partial charge in [0.15, 0.2) is 0 Å². The van der Waals surface area contributed by atoms with E-state index in [-0.39, 0.29) is 0 Å². The molecule has 0 aliphatic heterocycles. The van der Waals surface area contributed by atoms with Crippen molar-refractivity contribution in [3.05, 3.63) is 113 Å². The van der Waals surface area contributed by atoms with E-state index >= 15 is 0 Å². The number of nitrogens with zero attached hydrogens (tertiary/aromatic N) is 8. The van der Waals surface area contributed by atoms with Crippen LogP contribution < -0.4 is 11.5 Å². The van der Waals surface area contributed by atoms with Gasteiger partial charge in [0.1, 0.15) is 0 Å². The van der Waals surface area contributed by atoms with E-state index in [2.05, 4.69) is 97.1 Å². The van der Waals surface area contributed by atoms with E-state index in [1.807, 2.05) is 47.7 Å². The molecule has 56 heavy (non-hydrogen) atoms. The van der Waals surface area contributed by atoms with Crippen LogP contribution >= 0.6 is 0 Å². The Labute approximate surface area is 325 Å². The van der Waals surface area contributed by atoms with E-state index in [0.29, 0.717) is 24.4 Å². The summed E-state index contributed by atoms with van der Waals surface area (Å²) in [6, 6.07) is 16.7. The van der Waals surface area contributed by atoms with Gasteiger partial charge in [-0.1, -0.05) is 32.6 Å². The monoisotopic (exact) mass is 744 g/mol. The third-order valence-corrected chi connectivity index (χ3v) is 10.9. The summed E-state index contributed by atoms with van der Waals surface area (Å²) in [4.78, 5) is 22.4. The van der Waals surface area contributed by atoms with Crippen LogP contribution in [0.2, 0.25) is 0 Å². The van der Waals surface area contributed by atoms with Crippen LogP contribution in [0.4, 0.5) is 0 Å². The van der Waals surface area contributed by atoms with Crippen LogP contribution in [-0.2, 0) is 39.0 Å². The van der Waals surface area contributed by atoms with Gasteiger partial charge in [0, 0.05) is 71.4 Å². The highest BCUT2D eigenvalue weighted by atomic mass is 16.1. The van der Waals surface area contributed by atoms with E-state index in [0.717, 1.165) is 109 Å². The number of carbonyl (C=O) groups is 1. The van der Waals surface area contributed by atoms with Crippen molar-refractivity contribution in [2.24, 2.45) is 11.5 Å². The lowest BCUT2D eigenvalue weighted by Gasteiger charge is -2.12. The van der Waals surface area contributed by atoms with E-state index < -0.39 is 5.91 Å². The van der Waals surface area contributed by atoms with Gasteiger partial charge in [0.25, 0.3) is 0 Å². The molecule has 2 aromatic carbocycles. The summed E-state index contributed by atoms with van der Waals surface area (Å²) in [6.45, 7) is 19.3. The Morgan fingerprint density at radius 2 is 1.09 bits per heavy atom. The Balaban J connectivity index is 1.28. The second kappa shape index (κ2) is 14.3. The minimum Gasteiger partial charge on any atom is -0.399 e. The summed E-state index contributed by atoms with van der Waals surface area (Å²) in [5.41, 5.74) is 26.3. The summed E-state index contributed by atoms with van der Waals surface area (Å²) in [5.74, 6) is -0.442. The fraction of sp³-hybridized carbons (Fsp3) is 0.267. The molecular weight excluding hydrogens is 697 g/mol. The van der Waals surface area contributed by atoms with E-state index in [1.54, 1.807) is 0 Å². The van der Waals surface area contributed by atoms with Gasteiger partial charge in [-0.05, 0) is 106 Å². The number of benzene rings is 2. The first kappa shape index (κ1) is 36.5. The third-order valence-electron chi connectivity index (χ3n) is 10.9. The average Bonchev–Trinajstić information content (AvgIpc) is 3.95. The molecule has 0 aliphatic rings. The number of fused-ring (bicyclic) bond motifs is 6. The molecule has 284 valence electrons. The Morgan fingerprint density at radius 3 is 1.50 bits per heavy atom. The van der Waals surface area contributed by atoms with Gasteiger partial charge in [-0.25, -0.2) is 0 Å². The van der Waals surface area contributed by atoms with Crippen LogP contribution in [0.1, 0.15) is 66.1 Å². The first-order chi connectivity index (χ1) is 27.0. The maximum Gasteiger partial charge on any atom is 0.248 e. The lowest BCUT2D eigenvalue weighted by atomic mass is 10.0. The first-order valence-electron chi connectivity index (χ1n) is 19.4. The van der Waals surface area contributed by atoms with Gasteiger partial charge in [-0.15, -0.1) is 0 Å². The number of aryl methyl sites for hydroxylation is 6. The summed E-state index contributed by atoms with van der Waals surface area (Å²) in [5, 5.41) is 13.5. The van der Waals surface area contributed by atoms with Crippen molar-refractivity contribution in [1.29, 1.82) is 0 Å². The average molecular weight is 745 g/mol. The molecule has 8 rings (SSSR count). The predicted octanol–water partition coefficient (Wildman–Crippen LogP) is 8.49. The van der Waals surface area contributed by atoms with Gasteiger partial charge in [0.05, 0.1) is 56.2 Å². The molecule has 11 heteroatoms. The standard InChI is InChI=1S/C45H48N10O/c1-8-29-18-31(28(7)46)20-33-35-24-48-37(41-16-26(5)50-54(41)10-3)22-39(35)52(43(29)33)14-12-13-15-53-40-23-38(42-17-27(6)51-55(42)11-4)49-25-36(40)34-21-32(45(47)56)19-30(9-2)44(34)53/h12-13,16-25H,7-11,14-15,46H2,1-6H3,(H2,47,56)/b13-12+. The Hall–Kier alpha value is -6.49. The van der Waals surface area contributed by atoms with E-state index in [9.17, 15) is 4.79 Å². The number of amides is 1. The number of nitrogens with two attached hydrogens (primary N) is 2. The highest BCUT2D eigenvalue weighted by Gasteiger charge is 2.20. The summed E-state index contributed by atoms with van der Waals surface area (Å²) in [6.07, 6.45) is 9.96. The van der Waals surface area contributed by atoms with Crippen LogP contribution in [0.25, 0.3) is 72.1 Å². The quantitative estimate of drug-likeness (QED) is 0.120. The molecule has 0 saturated carbocycles. The highest BCUT2D eigenvalue weighted by Crippen LogP contribution is 2.37. The molecule has 4 N–H and O–H groups in total. The molecule has 0 spiro atoms. The Kier molecular flexibility index (Phi) is 9.32. The van der Waals surface area contributed by atoms with Crippen LogP contribution in [0.15, 0.2) is 79.7 Å². The Morgan fingerprint density at radius 1 is 0.643 bits per heavy atom. The van der Waals surface area contributed by atoms with Gasteiger partial charge >= 0.3 is 0 Å². The normalized spacial score (nSPS) is 12.0. The van der Waals surface area contributed by atoms with E-state index in [4.69, 9.17) is 26.5 Å². The second-order valence-corrected chi connectivity index (χ2v) is 14.5. The third kappa shape index (κ3) is 6.03. The van der Waals surface area contributed by atoms with Crippen LogP contribution in [0, 0.1) is 13.8 Å². The zero-order valence-electron chi connectivity index (χ0n) is 33.0. The number of hydrogen-bond donors (Lipinski definition) is 2. The van der Waals surface area contributed by atoms with Crippen molar-refractivity contribution in [2.45, 2.75) is 80.6 Å². The molecule has 0 radical (unpaired) electrons. The molecule has 0 fully saturated rings. The molecule has 0 atom stereocenters. The molecular formula is C45H48N10O. The van der Waals surface area contributed by atoms with Crippen molar-refractivity contribution >= 4 is 55.2 Å². The number of primary amides is 1. The SMILES string of the molecule is C=C(N)c1cc(CC)c2c(c1)c1cnc(-c3cc(C)nn3CC)cc1n2C/C=C/Cn1c2cc(-c3cc(C)nn3CC)ncc2c2cc(C(N)=O)cc(CC)c21. The fourth-order valence-electron chi connectivity index (χ4n) is 8.30. The number of pyridine rings is 2. The van der Waals surface area contributed by atoms with Gasteiger partial charge in [-0.2, -0.15) is 10.2 Å². The molecule has 6 heterocycles. The molecule has 1 amide bonds. The molecule has 6 aromatic heterocycles. The maximum atomic E-state index is 12.5. The molecule has 0 aliphatic carbocycles. The molecule has 8 aromatic rings. The number of rotatable bonds is 12. The number of hydrogen-bond acceptors (Lipinski definition) is 6. The summed E-state index contributed by atoms with van der Waals surface area (Å²) in [7, 11) is 0. The largest absolute Gasteiger partial charge is 0.399 e. The van der Waals surface area contributed by atoms with E-state index in [1.165, 1.54) is 11.1 Å². The van der Waals surface area contributed by atoms with Crippen molar-refractivity contribution in [2.75, 3.05) is 0 Å².